The molecule has 0 spiro atoms. The van der Waals surface area contributed by atoms with Crippen molar-refractivity contribution in [3.8, 4) is 0 Å². The van der Waals surface area contributed by atoms with Gasteiger partial charge in [0.1, 0.15) is 5.84 Å². The van der Waals surface area contributed by atoms with Gasteiger partial charge in [-0.05, 0) is 31.4 Å². The molecule has 1 heterocycles. The highest BCUT2D eigenvalue weighted by molar-refractivity contribution is 6.34. The van der Waals surface area contributed by atoms with Crippen LogP contribution in [-0.2, 0) is 4.79 Å². The molecule has 1 aromatic carbocycles. The first-order chi connectivity index (χ1) is 9.15. The number of carboxylic acids is 1. The second kappa shape index (κ2) is 4.85. The zero-order chi connectivity index (χ0) is 13.4. The molecule has 1 aliphatic heterocycles. The van der Waals surface area contributed by atoms with Crippen molar-refractivity contribution in [2.75, 3.05) is 0 Å². The lowest BCUT2D eigenvalue weighted by molar-refractivity contribution is -0.143. The highest BCUT2D eigenvalue weighted by Crippen LogP contribution is 2.31. The van der Waals surface area contributed by atoms with Gasteiger partial charge in [0.15, 0.2) is 0 Å². The Kier molecular flexibility index (Phi) is 3.19. The second-order valence-electron chi connectivity index (χ2n) is 5.12. The van der Waals surface area contributed by atoms with Crippen molar-refractivity contribution in [1.82, 2.24) is 5.32 Å². The van der Waals surface area contributed by atoms with E-state index in [0.29, 0.717) is 17.9 Å². The number of halogens is 1. The smallest absolute Gasteiger partial charge is 0.306 e. The summed E-state index contributed by atoms with van der Waals surface area (Å²) in [5.74, 6) is -0.160. The fourth-order valence-corrected chi connectivity index (χ4v) is 3.09. The van der Waals surface area contributed by atoms with Crippen LogP contribution in [0.3, 0.4) is 0 Å². The van der Waals surface area contributed by atoms with Crippen molar-refractivity contribution in [3.63, 3.8) is 0 Å². The number of fused-ring (bicyclic) bond motifs is 1. The third-order valence-electron chi connectivity index (χ3n) is 3.91. The maximum atomic E-state index is 11.1. The van der Waals surface area contributed by atoms with Crippen LogP contribution in [0.15, 0.2) is 29.3 Å². The summed E-state index contributed by atoms with van der Waals surface area (Å²) in [6.07, 6.45) is 2.16. The topological polar surface area (TPSA) is 61.7 Å². The maximum absolute atomic E-state index is 11.1. The Labute approximate surface area is 116 Å². The molecular weight excluding hydrogens is 264 g/mol. The van der Waals surface area contributed by atoms with E-state index in [9.17, 15) is 4.79 Å². The number of nitrogens with zero attached hydrogens (tertiary/aromatic N) is 1. The van der Waals surface area contributed by atoms with Gasteiger partial charge < -0.3 is 10.4 Å². The lowest BCUT2D eigenvalue weighted by atomic mass is 9.83. The maximum Gasteiger partial charge on any atom is 0.306 e. The normalized spacial score (nSPS) is 29.3. The van der Waals surface area contributed by atoms with E-state index < -0.39 is 5.97 Å². The summed E-state index contributed by atoms with van der Waals surface area (Å²) in [5.41, 5.74) is 0.894. The van der Waals surface area contributed by atoms with Gasteiger partial charge in [-0.1, -0.05) is 23.7 Å². The highest BCUT2D eigenvalue weighted by atomic mass is 35.5. The zero-order valence-electron chi connectivity index (χ0n) is 10.3. The molecular formula is C14H15ClN2O2. The van der Waals surface area contributed by atoms with Crippen molar-refractivity contribution < 1.29 is 9.90 Å². The third kappa shape index (κ3) is 2.32. The van der Waals surface area contributed by atoms with Gasteiger partial charge in [-0.15, -0.1) is 0 Å². The Morgan fingerprint density at radius 1 is 1.37 bits per heavy atom. The molecule has 1 fully saturated rings. The molecule has 5 heteroatoms. The number of hydrogen-bond acceptors (Lipinski definition) is 3. The summed E-state index contributed by atoms with van der Waals surface area (Å²) in [7, 11) is 0. The van der Waals surface area contributed by atoms with E-state index in [0.717, 1.165) is 17.8 Å². The largest absolute Gasteiger partial charge is 0.481 e. The van der Waals surface area contributed by atoms with Crippen molar-refractivity contribution in [1.29, 1.82) is 0 Å². The van der Waals surface area contributed by atoms with E-state index in [1.807, 2.05) is 24.3 Å². The van der Waals surface area contributed by atoms with Crippen molar-refractivity contribution in [3.05, 3.63) is 34.9 Å². The minimum absolute atomic E-state index is 0.126. The first kappa shape index (κ1) is 12.5. The third-order valence-corrected chi connectivity index (χ3v) is 4.24. The Hall–Kier alpha value is -1.55. The first-order valence-electron chi connectivity index (χ1n) is 6.47. The van der Waals surface area contributed by atoms with Gasteiger partial charge in [0.25, 0.3) is 0 Å². The fourth-order valence-electron chi connectivity index (χ4n) is 2.87. The minimum Gasteiger partial charge on any atom is -0.481 e. The molecule has 3 atom stereocenters. The van der Waals surface area contributed by atoms with Crippen LogP contribution in [0.25, 0.3) is 0 Å². The molecule has 1 aromatic rings. The van der Waals surface area contributed by atoms with Crippen molar-refractivity contribution in [2.45, 2.75) is 31.3 Å². The molecule has 2 N–H and O–H groups in total. The molecule has 19 heavy (non-hydrogen) atoms. The van der Waals surface area contributed by atoms with Crippen LogP contribution in [0.2, 0.25) is 5.02 Å². The van der Waals surface area contributed by atoms with Gasteiger partial charge in [-0.2, -0.15) is 0 Å². The minimum atomic E-state index is -0.702. The molecule has 0 radical (unpaired) electrons. The Morgan fingerprint density at radius 3 is 2.89 bits per heavy atom. The van der Waals surface area contributed by atoms with E-state index in [1.165, 1.54) is 0 Å². The number of carboxylic acid groups (broad SMARTS) is 1. The Bertz CT molecular complexity index is 544. The van der Waals surface area contributed by atoms with Crippen molar-refractivity contribution >= 4 is 23.4 Å². The summed E-state index contributed by atoms with van der Waals surface area (Å²) in [5, 5.41) is 13.1. The SMILES string of the molecule is O=C(O)C1CCC2N=C(c3ccccc3Cl)NC2C1. The van der Waals surface area contributed by atoms with Crippen LogP contribution in [0.1, 0.15) is 24.8 Å². The molecule has 0 aromatic heterocycles. The van der Waals surface area contributed by atoms with Gasteiger partial charge in [0.05, 0.1) is 23.0 Å². The quantitative estimate of drug-likeness (QED) is 0.873. The second-order valence-corrected chi connectivity index (χ2v) is 5.53. The van der Waals surface area contributed by atoms with Crippen LogP contribution < -0.4 is 5.32 Å². The fraction of sp³-hybridized carbons (Fsp3) is 0.429. The number of aliphatic imine (C=N–C) groups is 1. The average Bonchev–Trinajstić information content (AvgIpc) is 2.81. The summed E-state index contributed by atoms with van der Waals surface area (Å²) >= 11 is 6.17. The molecule has 100 valence electrons. The van der Waals surface area contributed by atoms with Crippen LogP contribution in [-0.4, -0.2) is 29.0 Å². The first-order valence-corrected chi connectivity index (χ1v) is 6.85. The van der Waals surface area contributed by atoms with E-state index in [4.69, 9.17) is 16.7 Å². The van der Waals surface area contributed by atoms with Crippen LogP contribution in [0.4, 0.5) is 0 Å². The Balaban J connectivity index is 1.79. The molecule has 4 nitrogen and oxygen atoms in total. The Morgan fingerprint density at radius 2 is 2.16 bits per heavy atom. The lowest BCUT2D eigenvalue weighted by Crippen LogP contribution is -2.41. The molecule has 3 unspecified atom stereocenters. The lowest BCUT2D eigenvalue weighted by Gasteiger charge is -2.28. The molecule has 3 rings (SSSR count). The molecule has 1 aliphatic carbocycles. The summed E-state index contributed by atoms with van der Waals surface area (Å²) in [6, 6.07) is 7.88. The number of benzene rings is 1. The van der Waals surface area contributed by atoms with Gasteiger partial charge in [0, 0.05) is 5.56 Å². The van der Waals surface area contributed by atoms with E-state index in [2.05, 4.69) is 10.3 Å². The number of nitrogens with one attached hydrogen (secondary N) is 1. The summed E-state index contributed by atoms with van der Waals surface area (Å²) in [4.78, 5) is 15.7. The number of rotatable bonds is 2. The van der Waals surface area contributed by atoms with Gasteiger partial charge >= 0.3 is 5.97 Å². The van der Waals surface area contributed by atoms with E-state index >= 15 is 0 Å². The molecule has 1 saturated carbocycles. The molecule has 0 amide bonds. The van der Waals surface area contributed by atoms with Crippen molar-refractivity contribution in [2.24, 2.45) is 10.9 Å². The van der Waals surface area contributed by atoms with Crippen LogP contribution in [0, 0.1) is 5.92 Å². The van der Waals surface area contributed by atoms with E-state index in [1.54, 1.807) is 0 Å². The number of amidine groups is 1. The molecule has 0 bridgehead atoms. The highest BCUT2D eigenvalue weighted by Gasteiger charge is 2.38. The predicted octanol–water partition coefficient (Wildman–Crippen LogP) is 2.31. The number of aliphatic carboxylic acids is 1. The van der Waals surface area contributed by atoms with Gasteiger partial charge in [0.2, 0.25) is 0 Å². The zero-order valence-corrected chi connectivity index (χ0v) is 11.1. The summed E-state index contributed by atoms with van der Waals surface area (Å²) in [6.45, 7) is 0. The van der Waals surface area contributed by atoms with Crippen LogP contribution >= 0.6 is 11.6 Å². The monoisotopic (exact) mass is 278 g/mol. The van der Waals surface area contributed by atoms with Gasteiger partial charge in [-0.25, -0.2) is 0 Å². The van der Waals surface area contributed by atoms with E-state index in [-0.39, 0.29) is 18.0 Å². The van der Waals surface area contributed by atoms with Crippen LogP contribution in [0.5, 0.6) is 0 Å². The molecule has 2 aliphatic rings. The standard InChI is InChI=1S/C14H15ClN2O2/c15-10-4-2-1-3-9(10)13-16-11-6-5-8(14(18)19)7-12(11)17-13/h1-4,8,11-12H,5-7H2,(H,16,17)(H,18,19). The summed E-state index contributed by atoms with van der Waals surface area (Å²) < 4.78 is 0. The average molecular weight is 279 g/mol. The predicted molar refractivity (Wildman–Crippen MR) is 73.7 cm³/mol. The number of carbonyl (C=O) groups is 1. The molecule has 0 saturated heterocycles. The number of hydrogen-bond donors (Lipinski definition) is 2. The van der Waals surface area contributed by atoms with Gasteiger partial charge in [-0.3, -0.25) is 9.79 Å².